The number of methoxy groups -OCH3 is 1. The SMILES string of the molecule is COC(=O)[C@H](Cc1ccc(O)cc1)NC(=O)CCCn1cc(CNC(=O)C(CCOCc2ccccc2)CC(=O)NO)nn1. The van der Waals surface area contributed by atoms with Gasteiger partial charge < -0.3 is 25.2 Å². The number of nitrogens with one attached hydrogen (secondary N) is 3. The van der Waals surface area contributed by atoms with E-state index in [1.807, 2.05) is 30.3 Å². The van der Waals surface area contributed by atoms with Crippen LogP contribution in [0.4, 0.5) is 0 Å². The third-order valence-corrected chi connectivity index (χ3v) is 6.67. The van der Waals surface area contributed by atoms with Gasteiger partial charge in [0.05, 0.1) is 26.5 Å². The second-order valence-electron chi connectivity index (χ2n) is 10.1. The number of aromatic nitrogens is 3. The highest BCUT2D eigenvalue weighted by Crippen LogP contribution is 2.13. The van der Waals surface area contributed by atoms with Crippen molar-refractivity contribution in [3.63, 3.8) is 0 Å². The Morgan fingerprint density at radius 3 is 2.45 bits per heavy atom. The number of benzene rings is 2. The number of esters is 1. The molecule has 0 radical (unpaired) electrons. The van der Waals surface area contributed by atoms with Crippen molar-refractivity contribution in [2.75, 3.05) is 13.7 Å². The molecule has 5 N–H and O–H groups in total. The molecule has 0 aliphatic carbocycles. The molecule has 0 fully saturated rings. The minimum Gasteiger partial charge on any atom is -0.508 e. The third-order valence-electron chi connectivity index (χ3n) is 6.67. The summed E-state index contributed by atoms with van der Waals surface area (Å²) in [5.74, 6) is -2.61. The quantitative estimate of drug-likeness (QED) is 0.0608. The van der Waals surface area contributed by atoms with Gasteiger partial charge in [0, 0.05) is 38.3 Å². The molecule has 14 nitrogen and oxygen atoms in total. The second-order valence-corrected chi connectivity index (χ2v) is 10.1. The summed E-state index contributed by atoms with van der Waals surface area (Å²) >= 11 is 0. The molecule has 44 heavy (non-hydrogen) atoms. The number of nitrogens with zero attached hydrogens (tertiary/aromatic N) is 3. The van der Waals surface area contributed by atoms with E-state index in [0.29, 0.717) is 25.3 Å². The summed E-state index contributed by atoms with van der Waals surface area (Å²) in [7, 11) is 1.25. The van der Waals surface area contributed by atoms with Gasteiger partial charge in [-0.05, 0) is 36.1 Å². The van der Waals surface area contributed by atoms with Crippen LogP contribution in [0.25, 0.3) is 0 Å². The van der Waals surface area contributed by atoms with Crippen molar-refractivity contribution in [2.24, 2.45) is 5.92 Å². The van der Waals surface area contributed by atoms with Gasteiger partial charge in [0.2, 0.25) is 17.7 Å². The van der Waals surface area contributed by atoms with Gasteiger partial charge in [-0.3, -0.25) is 24.3 Å². The predicted octanol–water partition coefficient (Wildman–Crippen LogP) is 1.40. The van der Waals surface area contributed by atoms with Crippen LogP contribution < -0.4 is 16.1 Å². The average molecular weight is 611 g/mol. The first-order chi connectivity index (χ1) is 21.3. The molecule has 236 valence electrons. The Labute approximate surface area is 254 Å². The fourth-order valence-electron chi connectivity index (χ4n) is 4.31. The number of phenolic OH excluding ortho intramolecular Hbond substituents is 1. The summed E-state index contributed by atoms with van der Waals surface area (Å²) in [5.41, 5.74) is 3.77. The van der Waals surface area contributed by atoms with E-state index in [-0.39, 0.29) is 50.5 Å². The number of amides is 3. The molecule has 0 saturated heterocycles. The maximum Gasteiger partial charge on any atom is 0.328 e. The van der Waals surface area contributed by atoms with Gasteiger partial charge in [0.1, 0.15) is 17.5 Å². The lowest BCUT2D eigenvalue weighted by Gasteiger charge is -2.16. The standard InChI is InChI=1S/C30H38N6O8/c1-43-30(41)26(16-21-9-11-25(37)12-10-21)32-27(38)8-5-14-36-19-24(33-35-36)18-31-29(40)23(17-28(39)34-42)13-15-44-20-22-6-3-2-4-7-22/h2-4,6-7,9-12,19,23,26,37,42H,5,8,13-18,20H2,1H3,(H,31,40)(H,32,38)(H,34,39)/t23?,26-/m0/s1. The van der Waals surface area contributed by atoms with Crippen molar-refractivity contribution in [3.05, 3.63) is 77.6 Å². The number of phenols is 1. The molecular formula is C30H38N6O8. The van der Waals surface area contributed by atoms with Crippen LogP contribution in [-0.4, -0.2) is 68.8 Å². The summed E-state index contributed by atoms with van der Waals surface area (Å²) in [6, 6.07) is 15.0. The van der Waals surface area contributed by atoms with Crippen LogP contribution in [0.5, 0.6) is 5.75 Å². The van der Waals surface area contributed by atoms with Crippen LogP contribution >= 0.6 is 0 Å². The lowest BCUT2D eigenvalue weighted by Crippen LogP contribution is -2.43. The van der Waals surface area contributed by atoms with Gasteiger partial charge in [0.15, 0.2) is 0 Å². The average Bonchev–Trinajstić information content (AvgIpc) is 3.49. The van der Waals surface area contributed by atoms with E-state index >= 15 is 0 Å². The number of hydrogen-bond donors (Lipinski definition) is 5. The van der Waals surface area contributed by atoms with Crippen molar-refractivity contribution >= 4 is 23.7 Å². The van der Waals surface area contributed by atoms with Crippen LogP contribution in [-0.2, 0) is 54.8 Å². The highest BCUT2D eigenvalue weighted by Gasteiger charge is 2.23. The van der Waals surface area contributed by atoms with Crippen molar-refractivity contribution in [1.29, 1.82) is 0 Å². The van der Waals surface area contributed by atoms with E-state index in [0.717, 1.165) is 11.1 Å². The molecule has 3 rings (SSSR count). The van der Waals surface area contributed by atoms with Crippen molar-refractivity contribution in [1.82, 2.24) is 31.1 Å². The van der Waals surface area contributed by atoms with Gasteiger partial charge in [0.25, 0.3) is 0 Å². The molecule has 1 heterocycles. The summed E-state index contributed by atoms with van der Waals surface area (Å²) in [6.45, 7) is 1.05. The molecule has 14 heteroatoms. The molecule has 2 aromatic carbocycles. The smallest absolute Gasteiger partial charge is 0.328 e. The number of hydroxylamine groups is 1. The summed E-state index contributed by atoms with van der Waals surface area (Å²) in [4.78, 5) is 49.2. The largest absolute Gasteiger partial charge is 0.508 e. The highest BCUT2D eigenvalue weighted by molar-refractivity contribution is 5.85. The number of aryl methyl sites for hydroxylation is 1. The predicted molar refractivity (Wildman–Crippen MR) is 156 cm³/mol. The zero-order valence-electron chi connectivity index (χ0n) is 24.5. The minimum absolute atomic E-state index is 0.0690. The normalized spacial score (nSPS) is 12.1. The van der Waals surface area contributed by atoms with E-state index in [1.165, 1.54) is 23.9 Å². The van der Waals surface area contributed by atoms with E-state index in [4.69, 9.17) is 14.7 Å². The lowest BCUT2D eigenvalue weighted by atomic mass is 10.0. The maximum atomic E-state index is 12.8. The highest BCUT2D eigenvalue weighted by atomic mass is 16.5. The first-order valence-corrected chi connectivity index (χ1v) is 14.1. The van der Waals surface area contributed by atoms with Crippen LogP contribution in [0.3, 0.4) is 0 Å². The van der Waals surface area contributed by atoms with Crippen LogP contribution in [0.2, 0.25) is 0 Å². The molecule has 0 aliphatic heterocycles. The molecular weight excluding hydrogens is 572 g/mol. The van der Waals surface area contributed by atoms with E-state index in [9.17, 15) is 24.3 Å². The molecule has 1 unspecified atom stereocenters. The van der Waals surface area contributed by atoms with Crippen LogP contribution in [0.1, 0.15) is 42.5 Å². The molecule has 0 aliphatic rings. The fraction of sp³-hybridized carbons (Fsp3) is 0.400. The van der Waals surface area contributed by atoms with Gasteiger partial charge >= 0.3 is 5.97 Å². The van der Waals surface area contributed by atoms with Gasteiger partial charge in [-0.25, -0.2) is 10.3 Å². The number of carbonyl (C=O) groups is 4. The van der Waals surface area contributed by atoms with E-state index in [1.54, 1.807) is 23.8 Å². The van der Waals surface area contributed by atoms with E-state index in [2.05, 4.69) is 20.9 Å². The molecule has 0 spiro atoms. The Kier molecular flexibility index (Phi) is 13.8. The topological polar surface area (TPSA) is 194 Å². The number of rotatable bonds is 18. The Morgan fingerprint density at radius 2 is 1.75 bits per heavy atom. The Bertz CT molecular complexity index is 1350. The maximum absolute atomic E-state index is 12.8. The molecule has 3 amide bonds. The van der Waals surface area contributed by atoms with Crippen molar-refractivity contribution in [2.45, 2.75) is 57.8 Å². The fourth-order valence-corrected chi connectivity index (χ4v) is 4.31. The Hall–Kier alpha value is -4.82. The molecule has 1 aromatic heterocycles. The zero-order valence-corrected chi connectivity index (χ0v) is 24.5. The molecule has 0 bridgehead atoms. The van der Waals surface area contributed by atoms with Crippen LogP contribution in [0, 0.1) is 5.92 Å². The van der Waals surface area contributed by atoms with Crippen LogP contribution in [0.15, 0.2) is 60.8 Å². The number of aromatic hydroxyl groups is 1. The Morgan fingerprint density at radius 1 is 1.00 bits per heavy atom. The zero-order chi connectivity index (χ0) is 31.7. The summed E-state index contributed by atoms with van der Waals surface area (Å²) < 4.78 is 12.0. The molecule has 0 saturated carbocycles. The molecule has 2 atom stereocenters. The number of hydrogen-bond acceptors (Lipinski definition) is 10. The van der Waals surface area contributed by atoms with Crippen molar-refractivity contribution in [3.8, 4) is 5.75 Å². The lowest BCUT2D eigenvalue weighted by molar-refractivity contribution is -0.145. The number of ether oxygens (including phenoxy) is 2. The molecule has 3 aromatic rings. The summed E-state index contributed by atoms with van der Waals surface area (Å²) in [6.07, 6.45) is 2.44. The minimum atomic E-state index is -0.874. The van der Waals surface area contributed by atoms with Crippen molar-refractivity contribution < 1.29 is 39.0 Å². The summed E-state index contributed by atoms with van der Waals surface area (Å²) in [5, 5.41) is 31.9. The van der Waals surface area contributed by atoms with Gasteiger partial charge in [-0.2, -0.15) is 0 Å². The Balaban J connectivity index is 1.41. The van der Waals surface area contributed by atoms with Gasteiger partial charge in [-0.15, -0.1) is 5.10 Å². The first-order valence-electron chi connectivity index (χ1n) is 14.1. The monoisotopic (exact) mass is 610 g/mol. The number of carbonyl (C=O) groups excluding carboxylic acids is 4. The first kappa shape index (κ1) is 33.7. The van der Waals surface area contributed by atoms with Gasteiger partial charge in [-0.1, -0.05) is 47.7 Å². The van der Waals surface area contributed by atoms with E-state index < -0.39 is 29.7 Å². The third kappa shape index (κ3) is 11.8. The second kappa shape index (κ2) is 18.0.